The van der Waals surface area contributed by atoms with Gasteiger partial charge in [-0.25, -0.2) is 0 Å². The van der Waals surface area contributed by atoms with E-state index in [1.54, 1.807) is 0 Å². The van der Waals surface area contributed by atoms with E-state index >= 15 is 0 Å². The van der Waals surface area contributed by atoms with Gasteiger partial charge in [0.15, 0.2) is 0 Å². The van der Waals surface area contributed by atoms with Gasteiger partial charge in [0.25, 0.3) is 0 Å². The van der Waals surface area contributed by atoms with Gasteiger partial charge in [-0.05, 0) is 0 Å². The zero-order valence-corrected chi connectivity index (χ0v) is 24.4. The molecule has 0 radical (unpaired) electrons. The number of hydrogen-bond acceptors (Lipinski definition) is 2. The third kappa shape index (κ3) is 4.94. The Bertz CT molecular complexity index is 1210. The molecule has 37 heavy (non-hydrogen) atoms. The van der Waals surface area contributed by atoms with Crippen LogP contribution in [0.5, 0.6) is 0 Å². The molecule has 0 saturated heterocycles. The molecule has 0 amide bonds. The number of nitrogens with zero attached hydrogens (tertiary/aromatic N) is 2. The molecule has 0 fully saturated rings. The zero-order chi connectivity index (χ0) is 25.7. The molecular weight excluding hydrogens is 510 g/mol. The second-order valence-corrected chi connectivity index (χ2v) is 19.3. The number of hydrogen-bond donors (Lipinski definition) is 0. The molecule has 1 aliphatic rings. The number of benzene rings is 4. The number of rotatable bonds is 9. The van der Waals surface area contributed by atoms with Crippen LogP contribution in [0.4, 0.5) is 0 Å². The quantitative estimate of drug-likeness (QED) is 0.192. The molecule has 0 N–H and O–H groups in total. The molecule has 0 saturated carbocycles. The first kappa shape index (κ1) is 26.3. The van der Waals surface area contributed by atoms with Crippen LogP contribution in [-0.2, 0) is 0 Å². The molecule has 1 aliphatic heterocycles. The van der Waals surface area contributed by atoms with Crippen molar-refractivity contribution in [3.05, 3.63) is 132 Å². The van der Waals surface area contributed by atoms with E-state index in [4.69, 9.17) is 16.2 Å². The molecule has 0 spiro atoms. The fraction of sp³-hybridized carbons (Fsp3) is 0.219. The van der Waals surface area contributed by atoms with Crippen molar-refractivity contribution in [1.82, 2.24) is 4.44 Å². The first-order chi connectivity index (χ1) is 18.1. The predicted molar refractivity (Wildman–Crippen MR) is 169 cm³/mol. The molecule has 2 atom stereocenters. The SMILES string of the molecule is CCCCN([PH](C)(c1ccccc1)c1ccccc1)[PH]1(Cl)[C@H](c2ccccc2)C=N[C@H]1c1ccccc1. The molecular formula is C32H37ClN2P2. The molecule has 4 aromatic rings. The minimum absolute atomic E-state index is 0.0447. The van der Waals surface area contributed by atoms with Gasteiger partial charge in [0.05, 0.1) is 0 Å². The van der Waals surface area contributed by atoms with Gasteiger partial charge < -0.3 is 0 Å². The molecule has 192 valence electrons. The van der Waals surface area contributed by atoms with Crippen molar-refractivity contribution in [2.24, 2.45) is 4.99 Å². The van der Waals surface area contributed by atoms with Crippen LogP contribution in [0.1, 0.15) is 42.3 Å². The molecule has 4 aromatic carbocycles. The summed E-state index contributed by atoms with van der Waals surface area (Å²) in [6.07, 6.45) is 4.40. The van der Waals surface area contributed by atoms with Gasteiger partial charge in [0.2, 0.25) is 0 Å². The van der Waals surface area contributed by atoms with Crippen LogP contribution in [-0.4, -0.2) is 23.9 Å². The second-order valence-electron chi connectivity index (χ2n) is 10.0. The molecule has 5 rings (SSSR count). The van der Waals surface area contributed by atoms with Crippen molar-refractivity contribution in [2.75, 3.05) is 13.2 Å². The van der Waals surface area contributed by atoms with Crippen LogP contribution in [0.3, 0.4) is 0 Å². The van der Waals surface area contributed by atoms with E-state index in [1.165, 1.54) is 21.7 Å². The summed E-state index contributed by atoms with van der Waals surface area (Å²) in [4.78, 5) is 5.23. The predicted octanol–water partition coefficient (Wildman–Crippen LogP) is 8.38. The Morgan fingerprint density at radius 1 is 0.730 bits per heavy atom. The van der Waals surface area contributed by atoms with Crippen LogP contribution in [0.15, 0.2) is 126 Å². The van der Waals surface area contributed by atoms with Crippen molar-refractivity contribution < 1.29 is 0 Å². The van der Waals surface area contributed by atoms with Crippen LogP contribution in [0.2, 0.25) is 0 Å². The van der Waals surface area contributed by atoms with E-state index in [1.807, 2.05) is 0 Å². The fourth-order valence-electron chi connectivity index (χ4n) is 5.86. The number of aliphatic imine (C=N–C) groups is 1. The third-order valence-electron chi connectivity index (χ3n) is 7.84. The molecule has 2 nitrogen and oxygen atoms in total. The normalized spacial score (nSPS) is 20.1. The summed E-state index contributed by atoms with van der Waals surface area (Å²) in [5.41, 5.74) is 2.58. The Morgan fingerprint density at radius 3 is 1.68 bits per heavy atom. The first-order valence-electron chi connectivity index (χ1n) is 13.3. The van der Waals surface area contributed by atoms with Gasteiger partial charge in [-0.2, -0.15) is 0 Å². The summed E-state index contributed by atoms with van der Waals surface area (Å²) in [6, 6.07) is 43.8. The fourth-order valence-corrected chi connectivity index (χ4v) is 19.7. The summed E-state index contributed by atoms with van der Waals surface area (Å²) >= 11 is 8.33. The molecule has 0 unspecified atom stereocenters. The van der Waals surface area contributed by atoms with E-state index in [9.17, 15) is 0 Å². The first-order valence-corrected chi connectivity index (χ1v) is 18.9. The summed E-state index contributed by atoms with van der Waals surface area (Å²) in [7, 11) is -2.47. The Labute approximate surface area is 228 Å². The van der Waals surface area contributed by atoms with Crippen molar-refractivity contribution in [3.8, 4) is 0 Å². The van der Waals surface area contributed by atoms with Gasteiger partial charge in [-0.1, -0.05) is 0 Å². The molecule has 0 aliphatic carbocycles. The molecule has 1 heterocycles. The number of halogens is 1. The van der Waals surface area contributed by atoms with Crippen LogP contribution < -0.4 is 10.6 Å². The maximum absolute atomic E-state index is 8.33. The van der Waals surface area contributed by atoms with Crippen molar-refractivity contribution in [2.45, 2.75) is 31.2 Å². The van der Waals surface area contributed by atoms with Crippen LogP contribution in [0, 0.1) is 0 Å². The van der Waals surface area contributed by atoms with Gasteiger partial charge in [0, 0.05) is 0 Å². The maximum atomic E-state index is 8.33. The van der Waals surface area contributed by atoms with Gasteiger partial charge in [0.1, 0.15) is 0 Å². The van der Waals surface area contributed by atoms with Crippen LogP contribution >= 0.6 is 25.4 Å². The molecule has 0 aromatic heterocycles. The standard InChI is InChI=1S/C32H37ClN2P2/c1-3-4-25-35(36(2,29-21-13-7-14-22-29)30-23-15-8-16-24-30)37(33)31(27-17-9-5-10-18-27)26-34-32(37)28-19-11-6-12-20-28/h5-24,26,31-32,36-37H,3-4,25H2,1-2H3/t31-,32+/m0/s1. The Balaban J connectivity index is 1.77. The van der Waals surface area contributed by atoms with Gasteiger partial charge >= 0.3 is 229 Å². The summed E-state index contributed by atoms with van der Waals surface area (Å²) in [5, 5.41) is 2.80. The molecule has 0 bridgehead atoms. The average Bonchev–Trinajstić information content (AvgIpc) is 3.32. The zero-order valence-electron chi connectivity index (χ0n) is 21.7. The summed E-state index contributed by atoms with van der Waals surface area (Å²) in [5.74, 6) is -0.0447. The van der Waals surface area contributed by atoms with Crippen LogP contribution in [0.25, 0.3) is 0 Å². The average molecular weight is 547 g/mol. The second kappa shape index (κ2) is 11.6. The monoisotopic (exact) mass is 546 g/mol. The van der Waals surface area contributed by atoms with Gasteiger partial charge in [-0.15, -0.1) is 0 Å². The van der Waals surface area contributed by atoms with E-state index in [0.29, 0.717) is 0 Å². The van der Waals surface area contributed by atoms with E-state index in [2.05, 4.69) is 146 Å². The van der Waals surface area contributed by atoms with E-state index in [-0.39, 0.29) is 11.4 Å². The van der Waals surface area contributed by atoms with E-state index in [0.717, 1.165) is 19.4 Å². The third-order valence-corrected chi connectivity index (χ3v) is 20.5. The minimum atomic E-state index is -2.85. The van der Waals surface area contributed by atoms with Crippen molar-refractivity contribution >= 4 is 42.2 Å². The van der Waals surface area contributed by atoms with Crippen molar-refractivity contribution in [1.29, 1.82) is 0 Å². The Kier molecular flexibility index (Phi) is 8.23. The van der Waals surface area contributed by atoms with Gasteiger partial charge in [-0.3, -0.25) is 0 Å². The Hall–Kier alpha value is -2.34. The topological polar surface area (TPSA) is 15.6 Å². The Morgan fingerprint density at radius 2 is 1.19 bits per heavy atom. The van der Waals surface area contributed by atoms with Crippen molar-refractivity contribution in [3.63, 3.8) is 0 Å². The van der Waals surface area contributed by atoms with E-state index < -0.39 is 14.2 Å². The summed E-state index contributed by atoms with van der Waals surface area (Å²) in [6.45, 7) is 2.90. The number of unbranched alkanes of at least 4 members (excludes halogenated alkanes) is 1. The molecule has 5 heteroatoms. The summed E-state index contributed by atoms with van der Waals surface area (Å²) < 4.78 is 2.83.